The minimum absolute atomic E-state index is 0.326. The molecule has 1 heterocycles. The number of anilines is 3. The molecule has 32 heavy (non-hydrogen) atoms. The largest absolute Gasteiger partial charge is 0.353 e. The molecular weight excluding hydrogens is 388 g/mol. The second-order valence-electron chi connectivity index (χ2n) is 9.21. The Morgan fingerprint density at radius 1 is 0.750 bits per heavy atom. The van der Waals surface area contributed by atoms with E-state index in [9.17, 15) is 0 Å². The Balaban J connectivity index is 1.55. The monoisotopic (exact) mass is 417 g/mol. The zero-order valence-corrected chi connectivity index (χ0v) is 18.3. The summed E-state index contributed by atoms with van der Waals surface area (Å²) in [5, 5.41) is 0. The summed E-state index contributed by atoms with van der Waals surface area (Å²) in [6.07, 6.45) is 1.44. The molecule has 0 bridgehead atoms. The Hall–Kier alpha value is -3.52. The third-order valence-corrected chi connectivity index (χ3v) is 7.64. The van der Waals surface area contributed by atoms with Crippen LogP contribution < -0.4 is 9.80 Å². The fourth-order valence-corrected chi connectivity index (χ4v) is 6.21. The molecule has 0 saturated heterocycles. The lowest BCUT2D eigenvalue weighted by Crippen LogP contribution is -2.36. The van der Waals surface area contributed by atoms with Crippen molar-refractivity contribution < 1.29 is 4.11 Å². The number of hydrogen-bond donors (Lipinski definition) is 0. The summed E-state index contributed by atoms with van der Waals surface area (Å²) in [4.78, 5) is 3.88. The smallest absolute Gasteiger partial charge is 0.103 e. The predicted molar refractivity (Wildman–Crippen MR) is 134 cm³/mol. The van der Waals surface area contributed by atoms with Gasteiger partial charge in [-0.1, -0.05) is 60.7 Å². The Morgan fingerprint density at radius 2 is 1.31 bits per heavy atom. The molecule has 3 aliphatic rings. The van der Waals surface area contributed by atoms with Gasteiger partial charge in [0.2, 0.25) is 0 Å². The normalized spacial score (nSPS) is 18.9. The van der Waals surface area contributed by atoms with E-state index in [-0.39, 0.29) is 6.17 Å². The average Bonchev–Trinajstić information content (AvgIpc) is 3.48. The molecule has 0 fully saturated rings. The average molecular weight is 418 g/mol. The number of fused-ring (bicyclic) bond motifs is 8. The van der Waals surface area contributed by atoms with E-state index < -0.39 is 6.98 Å². The molecule has 1 atom stereocenters. The number of benzene rings is 4. The molecule has 0 aromatic heterocycles. The summed E-state index contributed by atoms with van der Waals surface area (Å²) in [5.41, 5.74) is 14.9. The fourth-order valence-electron chi connectivity index (χ4n) is 6.21. The molecule has 0 N–H and O–H groups in total. The fraction of sp³-hybridized carbons (Fsp3) is 0.200. The highest BCUT2D eigenvalue weighted by Crippen LogP contribution is 2.56. The van der Waals surface area contributed by atoms with E-state index >= 15 is 0 Å². The highest BCUT2D eigenvalue weighted by atomic mass is 15.4. The van der Waals surface area contributed by atoms with Crippen molar-refractivity contribution in [3.05, 3.63) is 101 Å². The van der Waals surface area contributed by atoms with Crippen LogP contribution in [0, 0.1) is 6.92 Å². The van der Waals surface area contributed by atoms with E-state index in [2.05, 4.69) is 66.4 Å². The Kier molecular flexibility index (Phi) is 3.00. The summed E-state index contributed by atoms with van der Waals surface area (Å²) < 4.78 is 24.9. The SMILES string of the molecule is [2H]C([2H])([2H])N1c2ccccc2N(c2c(C)c3c(c4c2Cc2ccccc2-4)-c2ccccc2C3)[C@H]1C. The summed E-state index contributed by atoms with van der Waals surface area (Å²) in [6.45, 7) is 2.02. The van der Waals surface area contributed by atoms with E-state index in [0.29, 0.717) is 0 Å². The minimum atomic E-state index is -2.22. The van der Waals surface area contributed by atoms with E-state index in [4.69, 9.17) is 4.11 Å². The first-order chi connectivity index (χ1) is 16.9. The maximum Gasteiger partial charge on any atom is 0.103 e. The molecule has 2 nitrogen and oxygen atoms in total. The van der Waals surface area contributed by atoms with Crippen molar-refractivity contribution >= 4 is 17.1 Å². The van der Waals surface area contributed by atoms with Gasteiger partial charge in [-0.15, -0.1) is 0 Å². The third-order valence-electron chi connectivity index (χ3n) is 7.64. The highest BCUT2D eigenvalue weighted by molar-refractivity contribution is 6.01. The van der Waals surface area contributed by atoms with Crippen LogP contribution in [0.25, 0.3) is 22.3 Å². The molecule has 0 spiro atoms. The second-order valence-corrected chi connectivity index (χ2v) is 9.21. The lowest BCUT2D eigenvalue weighted by atomic mass is 9.88. The van der Waals surface area contributed by atoms with Crippen molar-refractivity contribution in [2.75, 3.05) is 16.8 Å². The van der Waals surface area contributed by atoms with Crippen molar-refractivity contribution in [2.45, 2.75) is 32.9 Å². The number of rotatable bonds is 1. The molecule has 156 valence electrons. The molecule has 4 aromatic rings. The van der Waals surface area contributed by atoms with Gasteiger partial charge in [0.15, 0.2) is 0 Å². The molecule has 0 unspecified atom stereocenters. The van der Waals surface area contributed by atoms with Gasteiger partial charge in [0, 0.05) is 17.5 Å². The minimum Gasteiger partial charge on any atom is -0.353 e. The summed E-state index contributed by atoms with van der Waals surface area (Å²) in [6, 6.07) is 25.4. The van der Waals surface area contributed by atoms with Crippen molar-refractivity contribution in [3.8, 4) is 22.3 Å². The molecule has 0 amide bonds. The van der Waals surface area contributed by atoms with Crippen LogP contribution in [-0.4, -0.2) is 13.1 Å². The van der Waals surface area contributed by atoms with Gasteiger partial charge in [-0.25, -0.2) is 0 Å². The molecule has 1 aliphatic heterocycles. The summed E-state index contributed by atoms with van der Waals surface area (Å²) in [5.74, 6) is 0. The van der Waals surface area contributed by atoms with Crippen LogP contribution in [-0.2, 0) is 12.8 Å². The Labute approximate surface area is 194 Å². The van der Waals surface area contributed by atoms with E-state index in [1.54, 1.807) is 4.90 Å². The quantitative estimate of drug-likeness (QED) is 0.282. The maximum atomic E-state index is 8.30. The van der Waals surface area contributed by atoms with E-state index in [0.717, 1.165) is 24.2 Å². The topological polar surface area (TPSA) is 6.48 Å². The first-order valence-corrected chi connectivity index (χ1v) is 11.4. The van der Waals surface area contributed by atoms with Crippen LogP contribution in [0.15, 0.2) is 72.8 Å². The first kappa shape index (κ1) is 15.3. The van der Waals surface area contributed by atoms with Gasteiger partial charge in [0.1, 0.15) is 6.17 Å². The van der Waals surface area contributed by atoms with E-state index in [1.807, 2.05) is 25.1 Å². The lowest BCUT2D eigenvalue weighted by Gasteiger charge is -2.32. The third kappa shape index (κ3) is 2.15. The van der Waals surface area contributed by atoms with Crippen LogP contribution in [0.2, 0.25) is 0 Å². The molecular formula is C30H26N2. The van der Waals surface area contributed by atoms with Gasteiger partial charge in [0.25, 0.3) is 0 Å². The van der Waals surface area contributed by atoms with Crippen LogP contribution in [0.3, 0.4) is 0 Å². The Bertz CT molecular complexity index is 1540. The standard InChI is InChI=1S/C30H26N2/c1-18-24-16-20-10-4-6-12-22(20)28(24)29-23-13-7-5-11-21(23)17-25(29)30(18)32-19(2)31(3)26-14-8-9-15-27(26)32/h4-15,19H,16-17H2,1-3H3/t19-/m0/s1/i3D3. The Morgan fingerprint density at radius 3 is 2.00 bits per heavy atom. The second kappa shape index (κ2) is 6.26. The van der Waals surface area contributed by atoms with Crippen molar-refractivity contribution in [3.63, 3.8) is 0 Å². The van der Waals surface area contributed by atoms with Crippen molar-refractivity contribution in [2.24, 2.45) is 0 Å². The van der Waals surface area contributed by atoms with E-state index in [1.165, 1.54) is 55.8 Å². The molecule has 4 aromatic carbocycles. The number of nitrogens with zero attached hydrogens (tertiary/aromatic N) is 2. The van der Waals surface area contributed by atoms with Gasteiger partial charge in [-0.2, -0.15) is 0 Å². The van der Waals surface area contributed by atoms with Crippen molar-refractivity contribution in [1.82, 2.24) is 0 Å². The number of para-hydroxylation sites is 2. The van der Waals surface area contributed by atoms with Crippen LogP contribution in [0.5, 0.6) is 0 Å². The molecule has 7 rings (SSSR count). The van der Waals surface area contributed by atoms with Crippen LogP contribution in [0.1, 0.15) is 38.9 Å². The first-order valence-electron chi connectivity index (χ1n) is 12.9. The lowest BCUT2D eigenvalue weighted by molar-refractivity contribution is 0.730. The maximum absolute atomic E-state index is 8.30. The molecule has 2 aliphatic carbocycles. The highest BCUT2D eigenvalue weighted by Gasteiger charge is 2.39. The summed E-state index contributed by atoms with van der Waals surface area (Å²) >= 11 is 0. The predicted octanol–water partition coefficient (Wildman–Crippen LogP) is 7.07. The van der Waals surface area contributed by atoms with Gasteiger partial charge in [-0.3, -0.25) is 0 Å². The van der Waals surface area contributed by atoms with Crippen LogP contribution >= 0.6 is 0 Å². The van der Waals surface area contributed by atoms with Gasteiger partial charge in [0.05, 0.1) is 17.1 Å². The van der Waals surface area contributed by atoms with Gasteiger partial charge < -0.3 is 9.80 Å². The van der Waals surface area contributed by atoms with Crippen LogP contribution in [0.4, 0.5) is 17.1 Å². The van der Waals surface area contributed by atoms with Gasteiger partial charge in [-0.05, 0) is 82.5 Å². The van der Waals surface area contributed by atoms with Crippen molar-refractivity contribution in [1.29, 1.82) is 0 Å². The molecule has 0 radical (unpaired) electrons. The number of hydrogen-bond acceptors (Lipinski definition) is 2. The zero-order valence-electron chi connectivity index (χ0n) is 21.3. The zero-order chi connectivity index (χ0) is 24.1. The summed E-state index contributed by atoms with van der Waals surface area (Å²) in [7, 11) is 0. The molecule has 2 heteroatoms. The van der Waals surface area contributed by atoms with Gasteiger partial charge >= 0.3 is 0 Å². The molecule has 0 saturated carbocycles.